The summed E-state index contributed by atoms with van der Waals surface area (Å²) in [5.41, 5.74) is 0.143. The summed E-state index contributed by atoms with van der Waals surface area (Å²) in [5.74, 6) is 0.103. The first-order valence-corrected chi connectivity index (χ1v) is 7.00. The zero-order valence-corrected chi connectivity index (χ0v) is 12.9. The van der Waals surface area contributed by atoms with Crippen molar-refractivity contribution in [3.63, 3.8) is 0 Å². The lowest BCUT2D eigenvalue weighted by molar-refractivity contribution is -0.0712. The maximum Gasteiger partial charge on any atom is 0.168 e. The number of ketones is 1. The topological polar surface area (TPSA) is 26.3 Å². The highest BCUT2D eigenvalue weighted by atomic mass is 79.9. The third-order valence-electron chi connectivity index (χ3n) is 3.52. The van der Waals surface area contributed by atoms with E-state index in [-0.39, 0.29) is 17.3 Å². The number of carbonyl (C=O) groups excluding carboxylic acids is 1. The van der Waals surface area contributed by atoms with Crippen molar-refractivity contribution < 1.29 is 9.53 Å². The molecule has 2 rings (SSSR count). The van der Waals surface area contributed by atoms with E-state index in [1.165, 1.54) is 0 Å². The van der Waals surface area contributed by atoms with Gasteiger partial charge in [-0.2, -0.15) is 0 Å². The average molecular weight is 311 g/mol. The molecule has 0 bridgehead atoms. The Morgan fingerprint density at radius 1 is 1.22 bits per heavy atom. The highest BCUT2D eigenvalue weighted by molar-refractivity contribution is 9.10. The van der Waals surface area contributed by atoms with Crippen molar-refractivity contribution >= 4 is 21.7 Å². The van der Waals surface area contributed by atoms with E-state index in [4.69, 9.17) is 4.74 Å². The fourth-order valence-electron chi connectivity index (χ4n) is 2.79. The molecule has 1 aromatic rings. The van der Waals surface area contributed by atoms with Gasteiger partial charge in [-0.25, -0.2) is 0 Å². The van der Waals surface area contributed by atoms with Crippen LogP contribution in [0.15, 0.2) is 28.7 Å². The maximum absolute atomic E-state index is 12.6. The van der Waals surface area contributed by atoms with Gasteiger partial charge >= 0.3 is 0 Å². The first-order chi connectivity index (χ1) is 8.21. The molecule has 1 saturated heterocycles. The van der Waals surface area contributed by atoms with Gasteiger partial charge in [-0.3, -0.25) is 4.79 Å². The maximum atomic E-state index is 12.6. The first kappa shape index (κ1) is 13.8. The fourth-order valence-corrected chi connectivity index (χ4v) is 3.05. The lowest BCUT2D eigenvalue weighted by Gasteiger charge is -2.26. The molecular formula is C15H19BrO2. The second kappa shape index (κ2) is 4.46. The molecule has 1 fully saturated rings. The van der Waals surface area contributed by atoms with Gasteiger partial charge in [0, 0.05) is 10.0 Å². The lowest BCUT2D eigenvalue weighted by atomic mass is 9.82. The van der Waals surface area contributed by atoms with Gasteiger partial charge in [-0.05, 0) is 46.2 Å². The summed E-state index contributed by atoms with van der Waals surface area (Å²) in [4.78, 5) is 12.6. The minimum atomic E-state index is -0.395. The zero-order chi connectivity index (χ0) is 13.6. The van der Waals surface area contributed by atoms with Gasteiger partial charge in [0.25, 0.3) is 0 Å². The summed E-state index contributed by atoms with van der Waals surface area (Å²) in [6, 6.07) is 7.55. The smallest absolute Gasteiger partial charge is 0.168 e. The summed E-state index contributed by atoms with van der Waals surface area (Å²) < 4.78 is 6.97. The van der Waals surface area contributed by atoms with Crippen molar-refractivity contribution in [1.29, 1.82) is 0 Å². The molecule has 1 aliphatic rings. The molecule has 1 unspecified atom stereocenters. The highest BCUT2D eigenvalue weighted by Gasteiger charge is 2.49. The summed E-state index contributed by atoms with van der Waals surface area (Å²) >= 11 is 3.38. The second-order valence-corrected chi connectivity index (χ2v) is 7.01. The summed E-state index contributed by atoms with van der Waals surface area (Å²) in [6.07, 6.45) is 0.773. The van der Waals surface area contributed by atoms with Gasteiger partial charge in [0.05, 0.1) is 17.1 Å². The predicted octanol–water partition coefficient (Wildman–Crippen LogP) is 4.23. The molecule has 0 amide bonds. The van der Waals surface area contributed by atoms with Gasteiger partial charge < -0.3 is 4.74 Å². The Balaban J connectivity index is 2.27. The highest BCUT2D eigenvalue weighted by Crippen LogP contribution is 2.43. The third kappa shape index (κ3) is 2.67. The van der Waals surface area contributed by atoms with Crippen LogP contribution in [-0.2, 0) is 4.74 Å². The van der Waals surface area contributed by atoms with E-state index in [0.29, 0.717) is 0 Å². The van der Waals surface area contributed by atoms with Crippen LogP contribution in [0.25, 0.3) is 0 Å². The molecule has 0 aromatic heterocycles. The van der Waals surface area contributed by atoms with Crippen LogP contribution in [0.1, 0.15) is 44.5 Å². The molecule has 98 valence electrons. The number of benzene rings is 1. The predicted molar refractivity (Wildman–Crippen MR) is 75.8 cm³/mol. The molecule has 18 heavy (non-hydrogen) atoms. The van der Waals surface area contributed by atoms with Crippen molar-refractivity contribution in [1.82, 2.24) is 0 Å². The minimum Gasteiger partial charge on any atom is -0.369 e. The number of rotatable bonds is 2. The van der Waals surface area contributed by atoms with Crippen LogP contribution in [0.5, 0.6) is 0 Å². The van der Waals surface area contributed by atoms with Crippen molar-refractivity contribution in [3.05, 3.63) is 34.3 Å². The minimum absolute atomic E-state index is 0.0753. The number of halogens is 1. The molecule has 1 atom stereocenters. The van der Waals surface area contributed by atoms with Crippen molar-refractivity contribution in [2.45, 2.75) is 45.3 Å². The van der Waals surface area contributed by atoms with Crippen LogP contribution in [0.3, 0.4) is 0 Å². The molecule has 0 spiro atoms. The largest absolute Gasteiger partial charge is 0.369 e. The molecule has 0 N–H and O–H groups in total. The summed E-state index contributed by atoms with van der Waals surface area (Å²) in [6.45, 7) is 8.10. The van der Waals surface area contributed by atoms with Crippen LogP contribution in [0.4, 0.5) is 0 Å². The number of carbonyl (C=O) groups is 1. The summed E-state index contributed by atoms with van der Waals surface area (Å²) in [5, 5.41) is 0. The van der Waals surface area contributed by atoms with Crippen molar-refractivity contribution in [2.24, 2.45) is 5.92 Å². The van der Waals surface area contributed by atoms with Gasteiger partial charge in [-0.1, -0.05) is 28.1 Å². The standard InChI is InChI=1S/C15H19BrO2/c1-14(2)9-12(15(3,4)18-14)13(17)10-5-7-11(16)8-6-10/h5-8,12H,9H2,1-4H3. The van der Waals surface area contributed by atoms with E-state index < -0.39 is 5.60 Å². The van der Waals surface area contributed by atoms with Gasteiger partial charge in [0.1, 0.15) is 0 Å². The SMILES string of the molecule is CC1(C)CC(C(=O)c2ccc(Br)cc2)C(C)(C)O1. The van der Waals surface area contributed by atoms with E-state index in [9.17, 15) is 4.79 Å². The van der Waals surface area contributed by atoms with E-state index in [0.717, 1.165) is 16.5 Å². The Kier molecular flexibility index (Phi) is 3.41. The molecule has 0 aliphatic carbocycles. The Bertz CT molecular complexity index is 460. The van der Waals surface area contributed by atoms with Gasteiger partial charge in [0.15, 0.2) is 5.78 Å². The average Bonchev–Trinajstić information content (AvgIpc) is 2.47. The molecular weight excluding hydrogens is 292 g/mol. The normalized spacial score (nSPS) is 25.1. The van der Waals surface area contributed by atoms with E-state index in [2.05, 4.69) is 15.9 Å². The molecule has 2 nitrogen and oxygen atoms in total. The summed E-state index contributed by atoms with van der Waals surface area (Å²) in [7, 11) is 0. The Morgan fingerprint density at radius 2 is 1.78 bits per heavy atom. The van der Waals surface area contributed by atoms with Crippen LogP contribution < -0.4 is 0 Å². The Hall–Kier alpha value is -0.670. The molecule has 1 aliphatic heterocycles. The van der Waals surface area contributed by atoms with Gasteiger partial charge in [0.2, 0.25) is 0 Å². The Labute approximate surface area is 117 Å². The van der Waals surface area contributed by atoms with Gasteiger partial charge in [-0.15, -0.1) is 0 Å². The molecule has 3 heteroatoms. The van der Waals surface area contributed by atoms with Crippen LogP contribution >= 0.6 is 15.9 Å². The fraction of sp³-hybridized carbons (Fsp3) is 0.533. The molecule has 1 aromatic carbocycles. The Morgan fingerprint density at radius 3 is 2.22 bits per heavy atom. The van der Waals surface area contributed by atoms with E-state index in [1.54, 1.807) is 0 Å². The first-order valence-electron chi connectivity index (χ1n) is 6.21. The van der Waals surface area contributed by atoms with E-state index >= 15 is 0 Å². The second-order valence-electron chi connectivity index (χ2n) is 6.09. The number of ether oxygens (including phenoxy) is 1. The zero-order valence-electron chi connectivity index (χ0n) is 11.3. The van der Waals surface area contributed by atoms with Crippen LogP contribution in [0, 0.1) is 5.92 Å². The number of Topliss-reactive ketones (excluding diaryl/α,β-unsaturated/α-hetero) is 1. The molecule has 0 saturated carbocycles. The van der Waals surface area contributed by atoms with E-state index in [1.807, 2.05) is 52.0 Å². The molecule has 0 radical (unpaired) electrons. The van der Waals surface area contributed by atoms with Crippen molar-refractivity contribution in [3.8, 4) is 0 Å². The molecule has 1 heterocycles. The lowest BCUT2D eigenvalue weighted by Crippen LogP contribution is -2.33. The third-order valence-corrected chi connectivity index (χ3v) is 4.05. The monoisotopic (exact) mass is 310 g/mol. The quantitative estimate of drug-likeness (QED) is 0.764. The van der Waals surface area contributed by atoms with Crippen LogP contribution in [-0.4, -0.2) is 17.0 Å². The number of hydrogen-bond acceptors (Lipinski definition) is 2. The van der Waals surface area contributed by atoms with Crippen LogP contribution in [0.2, 0.25) is 0 Å². The number of hydrogen-bond donors (Lipinski definition) is 0. The van der Waals surface area contributed by atoms with Crippen molar-refractivity contribution in [2.75, 3.05) is 0 Å².